The Balaban J connectivity index is 1.42. The van der Waals surface area contributed by atoms with Crippen molar-refractivity contribution in [3.05, 3.63) is 75.5 Å². The largest absolute Gasteiger partial charge is 0.419 e. The molecule has 0 unspecified atom stereocenters. The number of fused-ring (bicyclic) bond motifs is 1. The van der Waals surface area contributed by atoms with Gasteiger partial charge in [-0.2, -0.15) is 22.0 Å². The maximum absolute atomic E-state index is 14.0. The lowest BCUT2D eigenvalue weighted by atomic mass is 9.91. The van der Waals surface area contributed by atoms with Crippen LogP contribution in [-0.4, -0.2) is 48.9 Å². The summed E-state index contributed by atoms with van der Waals surface area (Å²) in [5, 5.41) is 11.2. The summed E-state index contributed by atoms with van der Waals surface area (Å²) in [5.74, 6) is 1.36. The second-order valence-corrected chi connectivity index (χ2v) is 10.8. The Labute approximate surface area is 236 Å². The van der Waals surface area contributed by atoms with Crippen molar-refractivity contribution in [2.75, 3.05) is 13.2 Å². The van der Waals surface area contributed by atoms with Crippen LogP contribution in [0.15, 0.2) is 41.7 Å². The quantitative estimate of drug-likeness (QED) is 0.201. The normalized spacial score (nSPS) is 16.5. The lowest BCUT2D eigenvalue weighted by Gasteiger charge is -2.18. The van der Waals surface area contributed by atoms with Gasteiger partial charge < -0.3 is 14.6 Å². The number of aryl methyl sites for hydroxylation is 1. The van der Waals surface area contributed by atoms with E-state index in [1.165, 1.54) is 6.20 Å². The van der Waals surface area contributed by atoms with Gasteiger partial charge in [-0.3, -0.25) is 14.2 Å². The van der Waals surface area contributed by atoms with Gasteiger partial charge >= 0.3 is 12.8 Å². The first-order chi connectivity index (χ1) is 20.1. The number of rotatable bonds is 11. The molecule has 42 heavy (non-hydrogen) atoms. The van der Waals surface area contributed by atoms with Crippen molar-refractivity contribution in [3.8, 4) is 11.3 Å². The van der Waals surface area contributed by atoms with Crippen molar-refractivity contribution in [3.63, 3.8) is 0 Å². The minimum Gasteiger partial charge on any atom is -0.322 e. The number of aromatic nitrogens is 6. The van der Waals surface area contributed by atoms with Gasteiger partial charge in [-0.05, 0) is 60.9 Å². The third-order valence-corrected chi connectivity index (χ3v) is 7.63. The molecule has 0 saturated heterocycles. The maximum Gasteiger partial charge on any atom is 0.419 e. The molecular formula is C28H28F5N7O2. The number of nitrogens with one attached hydrogen (secondary N) is 1. The first-order valence-corrected chi connectivity index (χ1v) is 13.7. The summed E-state index contributed by atoms with van der Waals surface area (Å²) in [6, 6.07) is 4.76. The molecule has 0 aliphatic heterocycles. The molecule has 6 rings (SSSR count). The maximum atomic E-state index is 14.0. The average Bonchev–Trinajstić information content (AvgIpc) is 3.87. The second-order valence-electron chi connectivity index (χ2n) is 10.8. The van der Waals surface area contributed by atoms with E-state index in [1.807, 2.05) is 23.7 Å². The van der Waals surface area contributed by atoms with Crippen LogP contribution >= 0.6 is 0 Å². The molecule has 2 saturated carbocycles. The third kappa shape index (κ3) is 5.91. The summed E-state index contributed by atoms with van der Waals surface area (Å²) < 4.78 is 73.4. The number of nitrogens with zero attached hydrogens (tertiary/aromatic N) is 6. The van der Waals surface area contributed by atoms with E-state index in [-0.39, 0.29) is 42.7 Å². The van der Waals surface area contributed by atoms with Gasteiger partial charge in [-0.25, -0.2) is 4.98 Å². The molecule has 9 nitrogen and oxygen atoms in total. The van der Waals surface area contributed by atoms with Gasteiger partial charge in [0.15, 0.2) is 5.65 Å². The van der Waals surface area contributed by atoms with Crippen molar-refractivity contribution >= 4 is 5.65 Å². The van der Waals surface area contributed by atoms with Gasteiger partial charge in [0.2, 0.25) is 0 Å². The summed E-state index contributed by atoms with van der Waals surface area (Å²) in [5.41, 5.74) is 0.0125. The monoisotopic (exact) mass is 589 g/mol. The molecule has 0 bridgehead atoms. The molecule has 2 aliphatic rings. The van der Waals surface area contributed by atoms with E-state index >= 15 is 0 Å². The third-order valence-electron chi connectivity index (χ3n) is 7.63. The van der Waals surface area contributed by atoms with Gasteiger partial charge in [0, 0.05) is 50.1 Å². The van der Waals surface area contributed by atoms with Crippen molar-refractivity contribution in [2.24, 2.45) is 13.0 Å². The number of ether oxygens (including phenoxy) is 1. The zero-order valence-corrected chi connectivity index (χ0v) is 22.6. The molecule has 4 heterocycles. The lowest BCUT2D eigenvalue weighted by molar-refractivity contribution is -0.136. The van der Waals surface area contributed by atoms with Crippen LogP contribution in [-0.2, 0) is 24.5 Å². The van der Waals surface area contributed by atoms with Gasteiger partial charge in [0.25, 0.3) is 5.56 Å². The number of hydrogen-bond donors (Lipinski definition) is 1. The van der Waals surface area contributed by atoms with Crippen LogP contribution in [0.25, 0.3) is 16.9 Å². The smallest absolute Gasteiger partial charge is 0.322 e. The average molecular weight is 590 g/mol. The molecule has 0 aromatic carbocycles. The zero-order valence-electron chi connectivity index (χ0n) is 22.6. The van der Waals surface area contributed by atoms with E-state index in [9.17, 15) is 26.7 Å². The Morgan fingerprint density at radius 2 is 1.93 bits per heavy atom. The van der Waals surface area contributed by atoms with Crippen LogP contribution in [0.4, 0.5) is 22.0 Å². The topological polar surface area (TPSA) is 99.2 Å². The molecule has 4 aromatic heterocycles. The van der Waals surface area contributed by atoms with Crippen molar-refractivity contribution < 1.29 is 26.7 Å². The molecule has 0 amide bonds. The molecule has 0 radical (unpaired) electrons. The predicted octanol–water partition coefficient (Wildman–Crippen LogP) is 4.65. The van der Waals surface area contributed by atoms with Gasteiger partial charge in [0.1, 0.15) is 12.2 Å². The van der Waals surface area contributed by atoms with E-state index < -0.39 is 29.6 Å². The summed E-state index contributed by atoms with van der Waals surface area (Å²) in [4.78, 5) is 22.6. The summed E-state index contributed by atoms with van der Waals surface area (Å²) in [6.07, 6.45) is 3.29. The Morgan fingerprint density at radius 3 is 2.57 bits per heavy atom. The molecule has 4 aromatic rings. The molecule has 2 fully saturated rings. The van der Waals surface area contributed by atoms with Crippen LogP contribution < -0.4 is 10.9 Å². The fourth-order valence-corrected chi connectivity index (χ4v) is 5.29. The van der Waals surface area contributed by atoms with Gasteiger partial charge in [-0.1, -0.05) is 0 Å². The summed E-state index contributed by atoms with van der Waals surface area (Å²) >= 11 is 0. The number of halogens is 5. The van der Waals surface area contributed by atoms with Crippen LogP contribution in [0, 0.1) is 5.92 Å². The molecule has 2 aliphatic carbocycles. The molecule has 0 spiro atoms. The van der Waals surface area contributed by atoms with Crippen molar-refractivity contribution in [2.45, 2.75) is 56.9 Å². The van der Waals surface area contributed by atoms with E-state index in [2.05, 4.69) is 25.2 Å². The SMILES string of the molecule is Cn1cnnc1[C@@H](c1cc(-c2cnc3c(C(F)(F)F)cc(CNCCOC(F)F)cn3c2=O)nc(C2CC2)c1)C1CC1. The number of alkyl halides is 5. The minimum atomic E-state index is -4.79. The summed E-state index contributed by atoms with van der Waals surface area (Å²) in [7, 11) is 1.88. The fourth-order valence-electron chi connectivity index (χ4n) is 5.29. The highest BCUT2D eigenvalue weighted by atomic mass is 19.4. The Kier molecular flexibility index (Phi) is 7.51. The molecule has 14 heteroatoms. The fraction of sp³-hybridized carbons (Fsp3) is 0.464. The van der Waals surface area contributed by atoms with Crippen LogP contribution in [0.2, 0.25) is 0 Å². The predicted molar refractivity (Wildman–Crippen MR) is 141 cm³/mol. The minimum absolute atomic E-state index is 0.0226. The highest BCUT2D eigenvalue weighted by molar-refractivity contribution is 5.62. The van der Waals surface area contributed by atoms with E-state index in [0.717, 1.165) is 59.4 Å². The van der Waals surface area contributed by atoms with Gasteiger partial charge in [0.05, 0.1) is 23.4 Å². The summed E-state index contributed by atoms with van der Waals surface area (Å²) in [6.45, 7) is -3.40. The molecule has 1 N–H and O–H groups in total. The van der Waals surface area contributed by atoms with E-state index in [1.54, 1.807) is 6.33 Å². The Morgan fingerprint density at radius 1 is 1.14 bits per heavy atom. The van der Waals surface area contributed by atoms with Crippen LogP contribution in [0.1, 0.15) is 65.7 Å². The zero-order chi connectivity index (χ0) is 29.6. The Hall–Kier alpha value is -3.78. The van der Waals surface area contributed by atoms with Crippen molar-refractivity contribution in [1.82, 2.24) is 34.4 Å². The van der Waals surface area contributed by atoms with Crippen LogP contribution in [0.5, 0.6) is 0 Å². The molecule has 222 valence electrons. The molecular weight excluding hydrogens is 561 g/mol. The first-order valence-electron chi connectivity index (χ1n) is 13.7. The number of pyridine rings is 2. The van der Waals surface area contributed by atoms with Gasteiger partial charge in [-0.15, -0.1) is 10.2 Å². The highest BCUT2D eigenvalue weighted by Crippen LogP contribution is 2.48. The van der Waals surface area contributed by atoms with E-state index in [4.69, 9.17) is 4.98 Å². The van der Waals surface area contributed by atoms with Crippen LogP contribution in [0.3, 0.4) is 0 Å². The lowest BCUT2D eigenvalue weighted by Crippen LogP contribution is -2.24. The second kappa shape index (κ2) is 11.1. The standard InChI is InChI=1S/C28H28F5N7O2/c1-39-14-36-38-25(39)23(17-4-5-17)18-9-21(16-2-3-16)37-22(10-18)19-12-35-24-20(28(31,32)33)8-15(13-40(24)26(19)41)11-34-6-7-42-27(29)30/h8-10,12-14,16-17,23,27,34H,2-7,11H2,1H3/t23-/m1/s1. The number of hydrogen-bond acceptors (Lipinski definition) is 7. The first kappa shape index (κ1) is 28.3. The molecule has 1 atom stereocenters. The highest BCUT2D eigenvalue weighted by Gasteiger charge is 2.38. The Bertz CT molecular complexity index is 1660. The van der Waals surface area contributed by atoms with E-state index in [0.29, 0.717) is 11.6 Å². The van der Waals surface area contributed by atoms with Crippen molar-refractivity contribution in [1.29, 1.82) is 0 Å².